The lowest BCUT2D eigenvalue weighted by Crippen LogP contribution is -2.51. The first kappa shape index (κ1) is 30.6. The number of aliphatic hydroxyl groups is 1. The zero-order valence-electron chi connectivity index (χ0n) is 24.6. The average Bonchev–Trinajstić information content (AvgIpc) is 3.39. The molecule has 45 heavy (non-hydrogen) atoms. The lowest BCUT2D eigenvalue weighted by molar-refractivity contribution is -0.234. The first-order valence-corrected chi connectivity index (χ1v) is 16.3. The monoisotopic (exact) mass is 644 g/mol. The molecule has 2 saturated carbocycles. The molecular formula is C31H34FN2O10P. The van der Waals surface area contributed by atoms with Crippen LogP contribution in [0.15, 0.2) is 82.5 Å². The quantitative estimate of drug-likeness (QED) is 0.306. The Morgan fingerprint density at radius 3 is 2.11 bits per heavy atom. The lowest BCUT2D eigenvalue weighted by Gasteiger charge is -2.34. The summed E-state index contributed by atoms with van der Waals surface area (Å²) in [5.74, 6) is -1.03. The van der Waals surface area contributed by atoms with Gasteiger partial charge < -0.3 is 19.3 Å². The van der Waals surface area contributed by atoms with Crippen molar-refractivity contribution in [2.24, 2.45) is 0 Å². The maximum Gasteiger partial charge on any atom is 0.477 e. The fraction of sp³-hybridized carbons (Fsp3) is 0.484. The van der Waals surface area contributed by atoms with E-state index in [0.717, 1.165) is 23.5 Å². The summed E-state index contributed by atoms with van der Waals surface area (Å²) in [4.78, 5) is 26.8. The van der Waals surface area contributed by atoms with Crippen LogP contribution >= 0.6 is 7.82 Å². The van der Waals surface area contributed by atoms with Crippen molar-refractivity contribution in [3.63, 3.8) is 0 Å². The molecule has 2 saturated heterocycles. The fourth-order valence-corrected chi connectivity index (χ4v) is 8.13. The number of aliphatic hydroxyl groups excluding tert-OH is 1. The number of hydrogen-bond donors (Lipinski definition) is 1. The molecule has 1 aromatic heterocycles. The van der Waals surface area contributed by atoms with Gasteiger partial charge in [-0.05, 0) is 30.9 Å². The minimum Gasteiger partial charge on any atom is -0.387 e. The van der Waals surface area contributed by atoms with E-state index in [1.807, 2.05) is 12.1 Å². The summed E-state index contributed by atoms with van der Waals surface area (Å²) < 4.78 is 65.8. The van der Waals surface area contributed by atoms with Crippen LogP contribution in [0.2, 0.25) is 0 Å². The van der Waals surface area contributed by atoms with Crippen LogP contribution < -0.4 is 11.2 Å². The normalized spacial score (nSPS) is 31.3. The summed E-state index contributed by atoms with van der Waals surface area (Å²) in [6, 6.07) is 19.0. The lowest BCUT2D eigenvalue weighted by atomic mass is 9.94. The number of nitrogens with zero attached hydrogens (tertiary/aromatic N) is 2. The van der Waals surface area contributed by atoms with Gasteiger partial charge in [-0.3, -0.25) is 22.9 Å². The molecule has 5 atom stereocenters. The van der Waals surface area contributed by atoms with Crippen molar-refractivity contribution >= 4 is 7.82 Å². The zero-order chi connectivity index (χ0) is 31.5. The molecule has 3 aromatic rings. The van der Waals surface area contributed by atoms with Gasteiger partial charge in [-0.15, -0.1) is 0 Å². The van der Waals surface area contributed by atoms with Crippen LogP contribution in [-0.4, -0.2) is 49.6 Å². The Hall–Kier alpha value is -3.00. The van der Waals surface area contributed by atoms with Crippen molar-refractivity contribution in [1.82, 2.24) is 9.13 Å². The Morgan fingerprint density at radius 1 is 0.933 bits per heavy atom. The maximum absolute atomic E-state index is 14.6. The Bertz CT molecular complexity index is 1680. The van der Waals surface area contributed by atoms with E-state index in [4.69, 9.17) is 27.8 Å². The van der Waals surface area contributed by atoms with E-state index < -0.39 is 67.4 Å². The van der Waals surface area contributed by atoms with Gasteiger partial charge >= 0.3 is 13.5 Å². The van der Waals surface area contributed by atoms with Crippen LogP contribution in [-0.2, 0) is 52.3 Å². The highest BCUT2D eigenvalue weighted by atomic mass is 31.2. The Kier molecular flexibility index (Phi) is 7.53. The number of phosphoric ester groups is 1. The number of benzene rings is 2. The highest BCUT2D eigenvalue weighted by Crippen LogP contribution is 2.75. The van der Waals surface area contributed by atoms with Gasteiger partial charge in [0, 0.05) is 25.1 Å². The summed E-state index contributed by atoms with van der Waals surface area (Å²) in [5.41, 5.74) is -5.00. The fourth-order valence-electron chi connectivity index (χ4n) is 7.04. The van der Waals surface area contributed by atoms with E-state index in [1.54, 1.807) is 55.5 Å². The van der Waals surface area contributed by atoms with Crippen molar-refractivity contribution in [3.8, 4) is 0 Å². The van der Waals surface area contributed by atoms with Gasteiger partial charge in [0.2, 0.25) is 0 Å². The predicted molar refractivity (Wildman–Crippen MR) is 155 cm³/mol. The summed E-state index contributed by atoms with van der Waals surface area (Å²) in [5, 5.41) is 10.9. The molecule has 2 spiro atoms. The highest BCUT2D eigenvalue weighted by Gasteiger charge is 2.97. The third-order valence-corrected chi connectivity index (χ3v) is 10.7. The maximum atomic E-state index is 14.6. The molecule has 0 radical (unpaired) electrons. The number of aromatic nitrogens is 2. The molecule has 1 N–H and O–H groups in total. The van der Waals surface area contributed by atoms with Crippen molar-refractivity contribution in [2.75, 3.05) is 6.67 Å². The third-order valence-electron chi connectivity index (χ3n) is 9.37. The van der Waals surface area contributed by atoms with Crippen LogP contribution in [0, 0.1) is 0 Å². The smallest absolute Gasteiger partial charge is 0.387 e. The number of alkyl halides is 1. The summed E-state index contributed by atoms with van der Waals surface area (Å²) in [7, 11) is -4.34. The van der Waals surface area contributed by atoms with Gasteiger partial charge in [-0.2, -0.15) is 0 Å². The third kappa shape index (κ3) is 4.72. The number of rotatable bonds is 11. The molecule has 4 fully saturated rings. The molecule has 2 aliphatic carbocycles. The number of ether oxygens (including phenoxy) is 3. The van der Waals surface area contributed by atoms with Crippen LogP contribution in [0.25, 0.3) is 0 Å². The molecule has 14 heteroatoms. The van der Waals surface area contributed by atoms with Crippen molar-refractivity contribution < 1.29 is 41.8 Å². The molecular weight excluding hydrogens is 610 g/mol. The zero-order valence-corrected chi connectivity index (χ0v) is 25.5. The standard InChI is InChI=1S/C31H34FN2O10P/c1-28-26(42-30(20-32)25(36)31(28,30)44-29(43-28)15-8-9-16-29)33-17-14-24(35)34(27(33)37)21-41-45(38,39-18-22-10-4-2-5-11-22)40-19-23-12-6-3-7-13-23/h2-7,10-14,17,25-26,36H,8-9,15-16,18-21H2,1H3/t25?,26-,28+,30-,31+/m1/s1. The SMILES string of the molecule is C[C@@]12OC3(CCCC3)O[C@@]13C(O)[C@@]3(CF)O[C@H]2n1ccc(=O)n(COP(=O)(OCc2ccccc2)OCc2ccccc2)c1=O. The predicted octanol–water partition coefficient (Wildman–Crippen LogP) is 3.95. The Morgan fingerprint density at radius 2 is 1.53 bits per heavy atom. The second kappa shape index (κ2) is 11.1. The molecule has 240 valence electrons. The van der Waals surface area contributed by atoms with E-state index in [0.29, 0.717) is 28.5 Å². The van der Waals surface area contributed by atoms with E-state index in [-0.39, 0.29) is 13.2 Å². The molecule has 12 nitrogen and oxygen atoms in total. The molecule has 1 unspecified atom stereocenters. The largest absolute Gasteiger partial charge is 0.477 e. The van der Waals surface area contributed by atoms with Crippen molar-refractivity contribution in [2.45, 2.75) is 87.5 Å². The van der Waals surface area contributed by atoms with Gasteiger partial charge in [-0.25, -0.2) is 18.3 Å². The van der Waals surface area contributed by atoms with E-state index >= 15 is 0 Å². The van der Waals surface area contributed by atoms with Gasteiger partial charge in [0.05, 0.1) is 13.2 Å². The molecule has 0 bridgehead atoms. The van der Waals surface area contributed by atoms with Crippen molar-refractivity contribution in [3.05, 3.63) is 105 Å². The molecule has 2 aromatic carbocycles. The summed E-state index contributed by atoms with van der Waals surface area (Å²) in [6.07, 6.45) is 1.41. The molecule has 0 amide bonds. The Balaban J connectivity index is 1.17. The topological polar surface area (TPSA) is 137 Å². The van der Waals surface area contributed by atoms with Gasteiger partial charge in [-0.1, -0.05) is 60.7 Å². The minimum atomic E-state index is -4.34. The summed E-state index contributed by atoms with van der Waals surface area (Å²) >= 11 is 0. The van der Waals surface area contributed by atoms with Gasteiger partial charge in [0.15, 0.2) is 23.2 Å². The molecule has 2 aliphatic heterocycles. The first-order valence-electron chi connectivity index (χ1n) is 14.9. The number of hydrogen-bond acceptors (Lipinski definition) is 10. The highest BCUT2D eigenvalue weighted by molar-refractivity contribution is 7.48. The van der Waals surface area contributed by atoms with E-state index in [9.17, 15) is 23.7 Å². The molecule has 7 rings (SSSR count). The second-order valence-electron chi connectivity index (χ2n) is 12.1. The Labute approximate surface area is 257 Å². The average molecular weight is 645 g/mol. The second-order valence-corrected chi connectivity index (χ2v) is 13.7. The van der Waals surface area contributed by atoms with E-state index in [1.165, 1.54) is 6.20 Å². The first-order chi connectivity index (χ1) is 21.6. The van der Waals surface area contributed by atoms with Crippen LogP contribution in [0.4, 0.5) is 4.39 Å². The number of halogens is 1. The summed E-state index contributed by atoms with van der Waals surface area (Å²) in [6.45, 7) is -0.475. The van der Waals surface area contributed by atoms with Crippen LogP contribution in [0.3, 0.4) is 0 Å². The molecule has 4 aliphatic rings. The van der Waals surface area contributed by atoms with Gasteiger partial charge in [0.1, 0.15) is 25.1 Å². The van der Waals surface area contributed by atoms with Crippen LogP contribution in [0.1, 0.15) is 50.0 Å². The van der Waals surface area contributed by atoms with Gasteiger partial charge in [0.25, 0.3) is 5.56 Å². The van der Waals surface area contributed by atoms with Crippen LogP contribution in [0.5, 0.6) is 0 Å². The van der Waals surface area contributed by atoms with Crippen molar-refractivity contribution in [1.29, 1.82) is 0 Å². The van der Waals surface area contributed by atoms with E-state index in [2.05, 4.69) is 0 Å². The molecule has 3 heterocycles. The minimum absolute atomic E-state index is 0.121. The number of phosphoric acid groups is 1.